The number of carbonyl (C=O) groups excluding carboxylic acids is 2. The molecule has 2 aromatic carbocycles. The summed E-state index contributed by atoms with van der Waals surface area (Å²) >= 11 is 3.36. The first kappa shape index (κ1) is 22.3. The molecule has 8 nitrogen and oxygen atoms in total. The van der Waals surface area contributed by atoms with Crippen LogP contribution in [0.5, 0.6) is 11.5 Å². The summed E-state index contributed by atoms with van der Waals surface area (Å²) in [5.74, 6) is -1.57. The van der Waals surface area contributed by atoms with Gasteiger partial charge in [0.25, 0.3) is 5.91 Å². The van der Waals surface area contributed by atoms with Crippen LogP contribution in [0, 0.1) is 5.82 Å². The molecular formula is C21H18BrFN2O6. The first-order valence-electron chi connectivity index (χ1n) is 9.18. The first-order chi connectivity index (χ1) is 14.8. The number of carboxylic acids is 1. The number of carboxylic acid groups (broad SMARTS) is 1. The average molecular weight is 493 g/mol. The third-order valence-electron chi connectivity index (χ3n) is 4.23. The molecule has 10 heteroatoms. The number of urea groups is 1. The van der Waals surface area contributed by atoms with Crippen molar-refractivity contribution in [2.24, 2.45) is 0 Å². The Morgan fingerprint density at radius 1 is 1.19 bits per heavy atom. The van der Waals surface area contributed by atoms with Gasteiger partial charge in [0.05, 0.1) is 13.2 Å². The molecule has 2 N–H and O–H groups in total. The highest BCUT2D eigenvalue weighted by atomic mass is 79.9. The monoisotopic (exact) mass is 492 g/mol. The van der Waals surface area contributed by atoms with Crippen molar-refractivity contribution in [3.05, 3.63) is 63.5 Å². The lowest BCUT2D eigenvalue weighted by atomic mass is 10.1. The molecule has 0 aliphatic carbocycles. The lowest BCUT2D eigenvalue weighted by Gasteiger charge is -2.13. The number of ether oxygens (including phenoxy) is 2. The molecule has 1 aliphatic heterocycles. The van der Waals surface area contributed by atoms with E-state index in [-0.39, 0.29) is 18.0 Å². The lowest BCUT2D eigenvalue weighted by Crippen LogP contribution is -2.30. The van der Waals surface area contributed by atoms with Crippen molar-refractivity contribution in [2.45, 2.75) is 13.5 Å². The van der Waals surface area contributed by atoms with Crippen LogP contribution in [0.3, 0.4) is 0 Å². The van der Waals surface area contributed by atoms with Gasteiger partial charge in [0, 0.05) is 4.47 Å². The second-order valence-electron chi connectivity index (χ2n) is 6.44. The molecule has 0 unspecified atom stereocenters. The summed E-state index contributed by atoms with van der Waals surface area (Å²) in [4.78, 5) is 36.8. The fourth-order valence-electron chi connectivity index (χ4n) is 2.83. The van der Waals surface area contributed by atoms with Gasteiger partial charge in [-0.3, -0.25) is 9.69 Å². The van der Waals surface area contributed by atoms with Gasteiger partial charge < -0.3 is 19.9 Å². The molecule has 3 amide bonds. The van der Waals surface area contributed by atoms with E-state index in [1.807, 2.05) is 0 Å². The van der Waals surface area contributed by atoms with Crippen LogP contribution in [0.4, 0.5) is 9.18 Å². The van der Waals surface area contributed by atoms with Crippen molar-refractivity contribution in [1.29, 1.82) is 0 Å². The quantitative estimate of drug-likeness (QED) is 0.431. The molecule has 3 rings (SSSR count). The number of hydrogen-bond acceptors (Lipinski definition) is 5. The number of amides is 3. The molecule has 0 spiro atoms. The molecule has 31 heavy (non-hydrogen) atoms. The highest BCUT2D eigenvalue weighted by Crippen LogP contribution is 2.35. The van der Waals surface area contributed by atoms with E-state index in [0.29, 0.717) is 28.0 Å². The second kappa shape index (κ2) is 9.61. The molecule has 1 fully saturated rings. The largest absolute Gasteiger partial charge is 0.490 e. The topological polar surface area (TPSA) is 105 Å². The van der Waals surface area contributed by atoms with Gasteiger partial charge in [0.1, 0.15) is 11.5 Å². The van der Waals surface area contributed by atoms with Gasteiger partial charge in [-0.1, -0.05) is 28.1 Å². The number of rotatable bonds is 8. The highest BCUT2D eigenvalue weighted by Gasteiger charge is 2.33. The predicted molar refractivity (Wildman–Crippen MR) is 112 cm³/mol. The number of carbonyl (C=O) groups is 3. The first-order valence-corrected chi connectivity index (χ1v) is 9.97. The van der Waals surface area contributed by atoms with Crippen LogP contribution in [0.15, 0.2) is 46.6 Å². The van der Waals surface area contributed by atoms with E-state index in [2.05, 4.69) is 21.2 Å². The maximum atomic E-state index is 13.1. The summed E-state index contributed by atoms with van der Waals surface area (Å²) in [5, 5.41) is 11.3. The molecule has 0 radical (unpaired) electrons. The van der Waals surface area contributed by atoms with Crippen molar-refractivity contribution in [3.8, 4) is 11.5 Å². The van der Waals surface area contributed by atoms with E-state index in [9.17, 15) is 18.8 Å². The Hall–Kier alpha value is -3.40. The zero-order valence-electron chi connectivity index (χ0n) is 16.4. The minimum absolute atomic E-state index is 0.00435. The SMILES string of the molecule is CCOc1cc(/C=C2/NC(=O)N(Cc3ccc(F)cc3)C2=O)c(Br)cc1OCC(=O)O. The summed E-state index contributed by atoms with van der Waals surface area (Å²) in [7, 11) is 0. The van der Waals surface area contributed by atoms with E-state index >= 15 is 0 Å². The Balaban J connectivity index is 1.85. The van der Waals surface area contributed by atoms with Crippen LogP contribution in [-0.2, 0) is 16.1 Å². The van der Waals surface area contributed by atoms with Gasteiger partial charge in [-0.15, -0.1) is 0 Å². The number of halogens is 2. The third kappa shape index (κ3) is 5.40. The number of nitrogens with zero attached hydrogens (tertiary/aromatic N) is 1. The van der Waals surface area contributed by atoms with E-state index in [1.54, 1.807) is 13.0 Å². The van der Waals surface area contributed by atoms with E-state index in [1.165, 1.54) is 36.4 Å². The number of hydrogen-bond donors (Lipinski definition) is 2. The maximum absolute atomic E-state index is 13.1. The minimum atomic E-state index is -1.13. The molecular weight excluding hydrogens is 475 g/mol. The van der Waals surface area contributed by atoms with Gasteiger partial charge in [-0.25, -0.2) is 14.0 Å². The third-order valence-corrected chi connectivity index (χ3v) is 4.92. The number of benzene rings is 2. The summed E-state index contributed by atoms with van der Waals surface area (Å²) in [6, 6.07) is 8.01. The molecule has 1 aliphatic rings. The number of imide groups is 1. The predicted octanol–water partition coefficient (Wildman–Crippen LogP) is 3.54. The molecule has 0 saturated carbocycles. The normalized spacial score (nSPS) is 14.7. The van der Waals surface area contributed by atoms with Gasteiger partial charge in [0.15, 0.2) is 18.1 Å². The Kier molecular flexibility index (Phi) is 6.91. The van der Waals surface area contributed by atoms with E-state index in [0.717, 1.165) is 4.90 Å². The average Bonchev–Trinajstić information content (AvgIpc) is 2.98. The summed E-state index contributed by atoms with van der Waals surface area (Å²) in [5.41, 5.74) is 1.17. The smallest absolute Gasteiger partial charge is 0.341 e. The Morgan fingerprint density at radius 3 is 2.52 bits per heavy atom. The molecule has 0 atom stereocenters. The maximum Gasteiger partial charge on any atom is 0.341 e. The Labute approximate surface area is 185 Å². The van der Waals surface area contributed by atoms with Gasteiger partial charge in [0.2, 0.25) is 0 Å². The van der Waals surface area contributed by atoms with Crippen LogP contribution in [0.1, 0.15) is 18.1 Å². The summed E-state index contributed by atoms with van der Waals surface area (Å²) in [6.45, 7) is 1.52. The van der Waals surface area contributed by atoms with Crippen LogP contribution in [0.25, 0.3) is 6.08 Å². The zero-order chi connectivity index (χ0) is 22.5. The van der Waals surface area contributed by atoms with Crippen LogP contribution in [-0.4, -0.2) is 41.1 Å². The standard InChI is InChI=1S/C21H18BrFN2O6/c1-2-30-17-8-13(15(22)9-18(17)31-11-19(26)27)7-16-20(28)25(21(29)24-16)10-12-3-5-14(23)6-4-12/h3-9H,2,10-11H2,1H3,(H,24,29)(H,26,27)/b16-7+. The summed E-state index contributed by atoms with van der Waals surface area (Å²) in [6.07, 6.45) is 1.47. The molecule has 1 saturated heterocycles. The fourth-order valence-corrected chi connectivity index (χ4v) is 3.26. The van der Waals surface area contributed by atoms with Gasteiger partial charge in [-0.05, 0) is 48.4 Å². The van der Waals surface area contributed by atoms with Gasteiger partial charge in [-0.2, -0.15) is 0 Å². The Morgan fingerprint density at radius 2 is 1.87 bits per heavy atom. The molecule has 162 valence electrons. The lowest BCUT2D eigenvalue weighted by molar-refractivity contribution is -0.139. The van der Waals surface area contributed by atoms with Crippen molar-refractivity contribution in [3.63, 3.8) is 0 Å². The number of aliphatic carboxylic acids is 1. The Bertz CT molecular complexity index is 1050. The molecule has 0 bridgehead atoms. The molecule has 2 aromatic rings. The van der Waals surface area contributed by atoms with Crippen molar-refractivity contribution in [2.75, 3.05) is 13.2 Å². The summed E-state index contributed by atoms with van der Waals surface area (Å²) < 4.78 is 24.3. The fraction of sp³-hybridized carbons (Fsp3) is 0.190. The molecule has 0 aromatic heterocycles. The minimum Gasteiger partial charge on any atom is -0.490 e. The second-order valence-corrected chi connectivity index (χ2v) is 7.30. The van der Waals surface area contributed by atoms with Crippen molar-refractivity contribution in [1.82, 2.24) is 10.2 Å². The number of nitrogens with one attached hydrogen (secondary N) is 1. The highest BCUT2D eigenvalue weighted by molar-refractivity contribution is 9.10. The van der Waals surface area contributed by atoms with Gasteiger partial charge >= 0.3 is 12.0 Å². The van der Waals surface area contributed by atoms with Crippen molar-refractivity contribution < 1.29 is 33.4 Å². The molecule has 1 heterocycles. The van der Waals surface area contributed by atoms with E-state index in [4.69, 9.17) is 14.6 Å². The van der Waals surface area contributed by atoms with E-state index < -0.39 is 30.3 Å². The van der Waals surface area contributed by atoms with Crippen LogP contribution >= 0.6 is 15.9 Å². The van der Waals surface area contributed by atoms with Crippen LogP contribution in [0.2, 0.25) is 0 Å². The van der Waals surface area contributed by atoms with Crippen LogP contribution < -0.4 is 14.8 Å². The van der Waals surface area contributed by atoms with Crippen molar-refractivity contribution >= 4 is 39.9 Å². The zero-order valence-corrected chi connectivity index (χ0v) is 17.9.